The van der Waals surface area contributed by atoms with Gasteiger partial charge in [0, 0.05) is 26.4 Å². The molecule has 0 saturated carbocycles. The Morgan fingerprint density at radius 2 is 1.95 bits per heavy atom. The fourth-order valence-corrected chi connectivity index (χ4v) is 2.35. The third-order valence-corrected chi connectivity index (χ3v) is 3.28. The molecule has 2 atom stereocenters. The van der Waals surface area contributed by atoms with Crippen LogP contribution in [-0.4, -0.2) is 36.2 Å². The predicted octanol–water partition coefficient (Wildman–Crippen LogP) is 0.0800. The van der Waals surface area contributed by atoms with Crippen molar-refractivity contribution < 1.29 is 14.7 Å². The van der Waals surface area contributed by atoms with Crippen LogP contribution in [0.3, 0.4) is 0 Å². The molecule has 0 radical (unpaired) electrons. The molecule has 1 aromatic carbocycles. The minimum Gasteiger partial charge on any atom is -0.390 e. The fraction of sp³-hybridized carbons (Fsp3) is 0.429. The Morgan fingerprint density at radius 1 is 1.25 bits per heavy atom. The normalized spacial score (nSPS) is 20.1. The monoisotopic (exact) mass is 277 g/mol. The average molecular weight is 277 g/mol. The molecule has 20 heavy (non-hydrogen) atoms. The largest absolute Gasteiger partial charge is 0.390 e. The highest BCUT2D eigenvalue weighted by molar-refractivity contribution is 5.75. The Morgan fingerprint density at radius 3 is 2.70 bits per heavy atom. The Kier molecular flexibility index (Phi) is 4.57. The molecule has 0 aromatic heterocycles. The molecule has 2 rings (SSSR count). The predicted molar refractivity (Wildman–Crippen MR) is 74.1 cm³/mol. The third-order valence-electron chi connectivity index (χ3n) is 3.28. The lowest BCUT2D eigenvalue weighted by molar-refractivity contribution is -0.118. The van der Waals surface area contributed by atoms with E-state index in [-0.39, 0.29) is 18.0 Å². The molecule has 1 aliphatic carbocycles. The second kappa shape index (κ2) is 6.38. The molecule has 108 valence electrons. The summed E-state index contributed by atoms with van der Waals surface area (Å²) < 4.78 is 0. The lowest BCUT2D eigenvalue weighted by atomic mass is 10.1. The van der Waals surface area contributed by atoms with Crippen molar-refractivity contribution in [2.24, 2.45) is 0 Å². The smallest absolute Gasteiger partial charge is 0.315 e. The third kappa shape index (κ3) is 3.48. The molecule has 6 heteroatoms. The number of nitrogens with one attached hydrogen (secondary N) is 3. The number of benzene rings is 1. The van der Waals surface area contributed by atoms with Gasteiger partial charge >= 0.3 is 6.03 Å². The lowest BCUT2D eigenvalue weighted by Crippen LogP contribution is -2.43. The first-order valence-corrected chi connectivity index (χ1v) is 6.62. The van der Waals surface area contributed by atoms with E-state index in [1.54, 1.807) is 0 Å². The number of urea groups is 1. The first-order valence-electron chi connectivity index (χ1n) is 6.62. The molecule has 0 saturated heterocycles. The molecule has 0 fully saturated rings. The maximum atomic E-state index is 11.8. The highest BCUT2D eigenvalue weighted by atomic mass is 16.3. The van der Waals surface area contributed by atoms with Gasteiger partial charge in [0.25, 0.3) is 0 Å². The van der Waals surface area contributed by atoms with E-state index < -0.39 is 6.10 Å². The number of fused-ring (bicyclic) bond motifs is 1. The fourth-order valence-electron chi connectivity index (χ4n) is 2.35. The van der Waals surface area contributed by atoms with Crippen LogP contribution in [0.1, 0.15) is 24.1 Å². The molecule has 0 unspecified atom stereocenters. The summed E-state index contributed by atoms with van der Waals surface area (Å²) in [6.45, 7) is 2.15. The minimum absolute atomic E-state index is 0.132. The number of aliphatic hydroxyl groups is 1. The van der Waals surface area contributed by atoms with Gasteiger partial charge in [0.1, 0.15) is 0 Å². The van der Waals surface area contributed by atoms with Crippen molar-refractivity contribution in [1.29, 1.82) is 0 Å². The van der Waals surface area contributed by atoms with Crippen molar-refractivity contribution in [1.82, 2.24) is 16.0 Å². The van der Waals surface area contributed by atoms with E-state index in [0.717, 1.165) is 11.1 Å². The van der Waals surface area contributed by atoms with Crippen LogP contribution in [-0.2, 0) is 11.2 Å². The van der Waals surface area contributed by atoms with Crippen LogP contribution in [0, 0.1) is 0 Å². The summed E-state index contributed by atoms with van der Waals surface area (Å²) in [5.74, 6) is -0.132. The Balaban J connectivity index is 1.84. The van der Waals surface area contributed by atoms with Crippen LogP contribution in [0.4, 0.5) is 4.79 Å². The highest BCUT2D eigenvalue weighted by Gasteiger charge is 2.31. The number of aliphatic hydroxyl groups excluding tert-OH is 1. The first kappa shape index (κ1) is 14.3. The van der Waals surface area contributed by atoms with E-state index in [2.05, 4.69) is 16.0 Å². The first-order chi connectivity index (χ1) is 9.58. The van der Waals surface area contributed by atoms with Gasteiger partial charge < -0.3 is 21.1 Å². The number of carbonyl (C=O) groups excluding carboxylic acids is 2. The van der Waals surface area contributed by atoms with Crippen LogP contribution in [0.2, 0.25) is 0 Å². The molecule has 1 aromatic rings. The van der Waals surface area contributed by atoms with Crippen molar-refractivity contribution in [3.8, 4) is 0 Å². The molecule has 0 heterocycles. The molecular formula is C14H19N3O3. The summed E-state index contributed by atoms with van der Waals surface area (Å²) in [5.41, 5.74) is 2.01. The molecule has 0 bridgehead atoms. The van der Waals surface area contributed by atoms with Gasteiger partial charge in [0.15, 0.2) is 0 Å². The zero-order valence-corrected chi connectivity index (χ0v) is 11.3. The van der Waals surface area contributed by atoms with Gasteiger partial charge in [-0.1, -0.05) is 24.3 Å². The number of hydrogen-bond donors (Lipinski definition) is 4. The van der Waals surface area contributed by atoms with Gasteiger partial charge in [-0.2, -0.15) is 0 Å². The maximum Gasteiger partial charge on any atom is 0.315 e. The van der Waals surface area contributed by atoms with Crippen LogP contribution in [0.15, 0.2) is 24.3 Å². The van der Waals surface area contributed by atoms with E-state index in [1.807, 2.05) is 24.3 Å². The van der Waals surface area contributed by atoms with E-state index in [0.29, 0.717) is 19.5 Å². The van der Waals surface area contributed by atoms with Gasteiger partial charge in [-0.05, 0) is 11.1 Å². The molecule has 3 amide bonds. The summed E-state index contributed by atoms with van der Waals surface area (Å²) >= 11 is 0. The molecule has 0 spiro atoms. The summed E-state index contributed by atoms with van der Waals surface area (Å²) in [5, 5.41) is 18.0. The molecule has 4 N–H and O–H groups in total. The topological polar surface area (TPSA) is 90.5 Å². The Hall–Kier alpha value is -2.08. The van der Waals surface area contributed by atoms with Gasteiger partial charge in [-0.25, -0.2) is 4.79 Å². The Labute approximate surface area is 117 Å². The van der Waals surface area contributed by atoms with Crippen LogP contribution in [0.5, 0.6) is 0 Å². The van der Waals surface area contributed by atoms with E-state index >= 15 is 0 Å². The average Bonchev–Trinajstić information content (AvgIpc) is 2.71. The summed E-state index contributed by atoms with van der Waals surface area (Å²) in [4.78, 5) is 22.4. The van der Waals surface area contributed by atoms with E-state index in [1.165, 1.54) is 6.92 Å². The number of carbonyl (C=O) groups is 2. The molecule has 6 nitrogen and oxygen atoms in total. The number of hydrogen-bond acceptors (Lipinski definition) is 3. The minimum atomic E-state index is -0.603. The Bertz CT molecular complexity index is 504. The SMILES string of the molecule is CC(=O)NCCNC(=O)N[C@@H]1c2ccccc2C[C@@H]1O. The van der Waals surface area contributed by atoms with Crippen LogP contribution in [0.25, 0.3) is 0 Å². The van der Waals surface area contributed by atoms with Crippen molar-refractivity contribution in [3.63, 3.8) is 0 Å². The number of amides is 3. The summed E-state index contributed by atoms with van der Waals surface area (Å²) in [6.07, 6.45) is -0.0546. The van der Waals surface area contributed by atoms with Crippen molar-refractivity contribution in [2.45, 2.75) is 25.5 Å². The maximum absolute atomic E-state index is 11.8. The quantitative estimate of drug-likeness (QED) is 0.587. The van der Waals surface area contributed by atoms with E-state index in [9.17, 15) is 14.7 Å². The van der Waals surface area contributed by atoms with Gasteiger partial charge in [0.05, 0.1) is 12.1 Å². The highest BCUT2D eigenvalue weighted by Crippen LogP contribution is 2.30. The zero-order valence-electron chi connectivity index (χ0n) is 11.3. The molecular weight excluding hydrogens is 258 g/mol. The van der Waals surface area contributed by atoms with Gasteiger partial charge in [-0.3, -0.25) is 4.79 Å². The van der Waals surface area contributed by atoms with Crippen molar-refractivity contribution in [2.75, 3.05) is 13.1 Å². The molecule has 0 aliphatic heterocycles. The zero-order chi connectivity index (χ0) is 14.5. The summed E-state index contributed by atoms with van der Waals surface area (Å²) in [7, 11) is 0. The molecule has 1 aliphatic rings. The summed E-state index contributed by atoms with van der Waals surface area (Å²) in [6, 6.07) is 6.94. The second-order valence-corrected chi connectivity index (χ2v) is 4.83. The van der Waals surface area contributed by atoms with E-state index in [4.69, 9.17) is 0 Å². The second-order valence-electron chi connectivity index (χ2n) is 4.83. The van der Waals surface area contributed by atoms with Gasteiger partial charge in [0.2, 0.25) is 5.91 Å². The van der Waals surface area contributed by atoms with Crippen LogP contribution < -0.4 is 16.0 Å². The lowest BCUT2D eigenvalue weighted by Gasteiger charge is -2.18. The number of rotatable bonds is 4. The van der Waals surface area contributed by atoms with Crippen molar-refractivity contribution >= 4 is 11.9 Å². The van der Waals surface area contributed by atoms with Crippen LogP contribution >= 0.6 is 0 Å². The standard InChI is InChI=1S/C14H19N3O3/c1-9(18)15-6-7-16-14(20)17-13-11-5-3-2-4-10(11)8-12(13)19/h2-5,12-13,19H,6-8H2,1H3,(H,15,18)(H2,16,17,20)/t12-,13+/m0/s1. The van der Waals surface area contributed by atoms with Gasteiger partial charge in [-0.15, -0.1) is 0 Å². The van der Waals surface area contributed by atoms with Crippen molar-refractivity contribution in [3.05, 3.63) is 35.4 Å².